The number of hydrogen-bond acceptors (Lipinski definition) is 5. The number of hydrogen-bond donors (Lipinski definition) is 0. The van der Waals surface area contributed by atoms with E-state index in [0.29, 0.717) is 6.04 Å². The van der Waals surface area contributed by atoms with Crippen molar-refractivity contribution >= 4 is 34.0 Å². The predicted octanol–water partition coefficient (Wildman–Crippen LogP) is 3.23. The molecule has 1 rings (SSSR count). The third-order valence-corrected chi connectivity index (χ3v) is 4.80. The van der Waals surface area contributed by atoms with Crippen LogP contribution in [0.3, 0.4) is 0 Å². The van der Waals surface area contributed by atoms with Gasteiger partial charge in [0.1, 0.15) is 0 Å². The highest BCUT2D eigenvalue weighted by molar-refractivity contribution is 7.98. The summed E-state index contributed by atoms with van der Waals surface area (Å²) in [4.78, 5) is 18.8. The lowest BCUT2D eigenvalue weighted by Gasteiger charge is -2.23. The van der Waals surface area contributed by atoms with E-state index in [9.17, 15) is 4.79 Å². The fourth-order valence-corrected chi connectivity index (χ4v) is 3.13. The van der Waals surface area contributed by atoms with Crippen molar-refractivity contribution in [2.75, 3.05) is 24.0 Å². The normalized spacial score (nSPS) is 12.5. The van der Waals surface area contributed by atoms with Gasteiger partial charge < -0.3 is 4.90 Å². The van der Waals surface area contributed by atoms with Gasteiger partial charge in [-0.05, 0) is 32.3 Å². The Kier molecular flexibility index (Phi) is 5.46. The van der Waals surface area contributed by atoms with Crippen molar-refractivity contribution in [1.82, 2.24) is 4.98 Å². The number of aryl methyl sites for hydroxylation is 1. The smallest absolute Gasteiger partial charge is 0.186 e. The molecular weight excluding hydrogens is 252 g/mol. The molecule has 0 N–H and O–H groups in total. The molecule has 0 saturated heterocycles. The van der Waals surface area contributed by atoms with Crippen molar-refractivity contribution in [3.63, 3.8) is 0 Å². The first-order chi connectivity index (χ1) is 7.97. The van der Waals surface area contributed by atoms with Gasteiger partial charge in [0.2, 0.25) is 0 Å². The Morgan fingerprint density at radius 3 is 2.71 bits per heavy atom. The highest BCUT2D eigenvalue weighted by Crippen LogP contribution is 2.27. The molecule has 0 spiro atoms. The standard InChI is InChI=1S/C12H20N2OS2/c1-8(6-7-16-5)14(4)12-13-9(2)11(17-12)10(3)15/h8H,6-7H2,1-5H3. The fraction of sp³-hybridized carbons (Fsp3) is 0.667. The summed E-state index contributed by atoms with van der Waals surface area (Å²) < 4.78 is 0. The topological polar surface area (TPSA) is 33.2 Å². The molecule has 0 fully saturated rings. The molecule has 1 aromatic rings. The number of Topliss-reactive ketones (excluding diaryl/α,β-unsaturated/α-hetero) is 1. The maximum atomic E-state index is 11.4. The fourth-order valence-electron chi connectivity index (χ4n) is 1.53. The summed E-state index contributed by atoms with van der Waals surface area (Å²) in [6.07, 6.45) is 3.25. The molecule has 1 heterocycles. The van der Waals surface area contributed by atoms with E-state index in [2.05, 4.69) is 23.1 Å². The number of carbonyl (C=O) groups is 1. The Bertz CT molecular complexity index is 390. The van der Waals surface area contributed by atoms with Gasteiger partial charge in [0.05, 0.1) is 10.6 Å². The molecule has 0 amide bonds. The number of ketones is 1. The van der Waals surface area contributed by atoms with Gasteiger partial charge in [0.15, 0.2) is 10.9 Å². The lowest BCUT2D eigenvalue weighted by molar-refractivity contribution is 0.102. The third-order valence-electron chi connectivity index (χ3n) is 2.81. The number of anilines is 1. The Labute approximate surface area is 112 Å². The number of carbonyl (C=O) groups excluding carboxylic acids is 1. The Hall–Kier alpha value is -0.550. The molecule has 0 aliphatic heterocycles. The molecule has 5 heteroatoms. The Morgan fingerprint density at radius 1 is 1.59 bits per heavy atom. The molecule has 1 unspecified atom stereocenters. The third kappa shape index (κ3) is 3.71. The van der Waals surface area contributed by atoms with Gasteiger partial charge in [-0.15, -0.1) is 0 Å². The summed E-state index contributed by atoms with van der Waals surface area (Å²) in [5.41, 5.74) is 0.849. The van der Waals surface area contributed by atoms with Gasteiger partial charge in [-0.1, -0.05) is 11.3 Å². The van der Waals surface area contributed by atoms with Crippen molar-refractivity contribution < 1.29 is 4.79 Å². The van der Waals surface area contributed by atoms with Crippen LogP contribution >= 0.6 is 23.1 Å². The van der Waals surface area contributed by atoms with E-state index in [1.165, 1.54) is 11.3 Å². The van der Waals surface area contributed by atoms with E-state index in [4.69, 9.17) is 0 Å². The van der Waals surface area contributed by atoms with Crippen LogP contribution in [0.4, 0.5) is 5.13 Å². The van der Waals surface area contributed by atoms with Gasteiger partial charge in [-0.25, -0.2) is 4.98 Å². The predicted molar refractivity (Wildman–Crippen MR) is 77.7 cm³/mol. The Balaban J connectivity index is 2.78. The van der Waals surface area contributed by atoms with Crippen LogP contribution in [0.2, 0.25) is 0 Å². The summed E-state index contributed by atoms with van der Waals surface area (Å²) in [7, 11) is 2.05. The van der Waals surface area contributed by atoms with Gasteiger partial charge in [0, 0.05) is 20.0 Å². The average molecular weight is 272 g/mol. The number of rotatable bonds is 6. The zero-order chi connectivity index (χ0) is 13.0. The van der Waals surface area contributed by atoms with Crippen LogP contribution in [0.15, 0.2) is 0 Å². The number of nitrogens with zero attached hydrogens (tertiary/aromatic N) is 2. The molecular formula is C12H20N2OS2. The molecule has 96 valence electrons. The molecule has 0 saturated carbocycles. The highest BCUT2D eigenvalue weighted by atomic mass is 32.2. The monoisotopic (exact) mass is 272 g/mol. The SMILES string of the molecule is CSCCC(C)N(C)c1nc(C)c(C(C)=O)s1. The first-order valence-electron chi connectivity index (χ1n) is 5.67. The van der Waals surface area contributed by atoms with Gasteiger partial charge in [-0.2, -0.15) is 11.8 Å². The zero-order valence-corrected chi connectivity index (χ0v) is 12.7. The maximum Gasteiger partial charge on any atom is 0.186 e. The van der Waals surface area contributed by atoms with E-state index in [-0.39, 0.29) is 5.78 Å². The summed E-state index contributed by atoms with van der Waals surface area (Å²) >= 11 is 3.35. The average Bonchev–Trinajstić information content (AvgIpc) is 2.67. The summed E-state index contributed by atoms with van der Waals surface area (Å²) in [5, 5.41) is 0.946. The minimum atomic E-state index is 0.108. The maximum absolute atomic E-state index is 11.4. The molecule has 0 bridgehead atoms. The Morgan fingerprint density at radius 2 is 2.24 bits per heavy atom. The summed E-state index contributed by atoms with van der Waals surface area (Å²) in [6.45, 7) is 5.69. The van der Waals surface area contributed by atoms with Crippen molar-refractivity contribution in [3.05, 3.63) is 10.6 Å². The van der Waals surface area contributed by atoms with Crippen LogP contribution in [-0.4, -0.2) is 35.9 Å². The molecule has 1 aromatic heterocycles. The van der Waals surface area contributed by atoms with Crippen molar-refractivity contribution in [2.45, 2.75) is 33.2 Å². The van der Waals surface area contributed by atoms with Gasteiger partial charge >= 0.3 is 0 Å². The van der Waals surface area contributed by atoms with E-state index < -0.39 is 0 Å². The van der Waals surface area contributed by atoms with Crippen LogP contribution < -0.4 is 4.90 Å². The zero-order valence-electron chi connectivity index (χ0n) is 11.1. The van der Waals surface area contributed by atoms with Crippen molar-refractivity contribution in [2.24, 2.45) is 0 Å². The van der Waals surface area contributed by atoms with Crippen molar-refractivity contribution in [3.8, 4) is 0 Å². The second kappa shape index (κ2) is 6.40. The quantitative estimate of drug-likeness (QED) is 0.744. The number of thiazole rings is 1. The van der Waals surface area contributed by atoms with E-state index >= 15 is 0 Å². The lowest BCUT2D eigenvalue weighted by atomic mass is 10.2. The molecule has 0 aliphatic rings. The molecule has 17 heavy (non-hydrogen) atoms. The minimum absolute atomic E-state index is 0.108. The van der Waals surface area contributed by atoms with E-state index in [1.54, 1.807) is 6.92 Å². The van der Waals surface area contributed by atoms with Crippen LogP contribution in [0.1, 0.15) is 35.6 Å². The van der Waals surface area contributed by atoms with Gasteiger partial charge in [-0.3, -0.25) is 4.79 Å². The van der Waals surface area contributed by atoms with Crippen molar-refractivity contribution in [1.29, 1.82) is 0 Å². The largest absolute Gasteiger partial charge is 0.348 e. The van der Waals surface area contributed by atoms with Crippen LogP contribution in [0.5, 0.6) is 0 Å². The van der Waals surface area contributed by atoms with Crippen LogP contribution in [-0.2, 0) is 0 Å². The number of aromatic nitrogens is 1. The molecule has 3 nitrogen and oxygen atoms in total. The minimum Gasteiger partial charge on any atom is -0.348 e. The second-order valence-electron chi connectivity index (χ2n) is 4.21. The first kappa shape index (κ1) is 14.5. The molecule has 0 aromatic carbocycles. The molecule has 1 atom stereocenters. The van der Waals surface area contributed by atoms with Crippen LogP contribution in [0.25, 0.3) is 0 Å². The first-order valence-corrected chi connectivity index (χ1v) is 7.88. The lowest BCUT2D eigenvalue weighted by Crippen LogP contribution is -2.29. The molecule has 0 radical (unpaired) electrons. The second-order valence-corrected chi connectivity index (χ2v) is 6.17. The molecule has 0 aliphatic carbocycles. The van der Waals surface area contributed by atoms with Crippen LogP contribution in [0, 0.1) is 6.92 Å². The summed E-state index contributed by atoms with van der Waals surface area (Å²) in [6, 6.07) is 0.452. The van der Waals surface area contributed by atoms with E-state index in [1.807, 2.05) is 25.7 Å². The highest BCUT2D eigenvalue weighted by Gasteiger charge is 2.17. The van der Waals surface area contributed by atoms with E-state index in [0.717, 1.165) is 27.9 Å². The summed E-state index contributed by atoms with van der Waals surface area (Å²) in [5.74, 6) is 1.26. The number of thioether (sulfide) groups is 1. The van der Waals surface area contributed by atoms with Gasteiger partial charge in [0.25, 0.3) is 0 Å².